The standard InChI is InChI=1S/C18H11/c1-3-8-15(9-4-1)17-12-7-13-18(14-17)16-10-5-2-6-11-16/h3-6,8-14H. The minimum absolute atomic E-state index is 1.18. The molecule has 0 nitrogen and oxygen atoms in total. The second-order valence-corrected chi connectivity index (χ2v) is 4.09. The van der Waals surface area contributed by atoms with E-state index in [0.717, 1.165) is 0 Å². The van der Waals surface area contributed by atoms with Gasteiger partial charge in [0.2, 0.25) is 0 Å². The summed E-state index contributed by atoms with van der Waals surface area (Å²) in [5, 5.41) is 0. The van der Waals surface area contributed by atoms with Crippen molar-refractivity contribution in [3.63, 3.8) is 0 Å². The Balaban J connectivity index is 2.05. The smallest absolute Gasteiger partial charge is 0.0171 e. The zero-order valence-corrected chi connectivity index (χ0v) is 9.85. The van der Waals surface area contributed by atoms with E-state index in [-0.39, 0.29) is 0 Å². The van der Waals surface area contributed by atoms with Crippen molar-refractivity contribution in [3.05, 3.63) is 84.9 Å². The van der Waals surface area contributed by atoms with Crippen LogP contribution in [0.5, 0.6) is 0 Å². The Morgan fingerprint density at radius 1 is 0.500 bits per heavy atom. The van der Waals surface area contributed by atoms with E-state index in [0.29, 0.717) is 0 Å². The Morgan fingerprint density at radius 3 is 1.39 bits per heavy atom. The Kier molecular flexibility index (Phi) is 2.93. The van der Waals surface area contributed by atoms with Crippen molar-refractivity contribution in [2.75, 3.05) is 0 Å². The van der Waals surface area contributed by atoms with Crippen LogP contribution < -0.4 is 0 Å². The summed E-state index contributed by atoms with van der Waals surface area (Å²) < 4.78 is 0. The molecule has 0 fully saturated rings. The summed E-state index contributed by atoms with van der Waals surface area (Å²) in [4.78, 5) is 0. The maximum absolute atomic E-state index is 3.21. The molecule has 0 unspecified atom stereocenters. The van der Waals surface area contributed by atoms with Gasteiger partial charge in [0, 0.05) is 0 Å². The monoisotopic (exact) mass is 227 g/mol. The Morgan fingerprint density at radius 2 is 0.944 bits per heavy atom. The fourth-order valence-corrected chi connectivity index (χ4v) is 1.96. The van der Waals surface area contributed by atoms with E-state index in [1.54, 1.807) is 0 Å². The lowest BCUT2D eigenvalue weighted by molar-refractivity contribution is 1.57. The zero-order chi connectivity index (χ0) is 12.2. The average Bonchev–Trinajstić information content (AvgIpc) is 2.49. The number of rotatable bonds is 2. The predicted octanol–water partition coefficient (Wildman–Crippen LogP) is 4.42. The molecule has 0 spiro atoms. The third-order valence-corrected chi connectivity index (χ3v) is 2.89. The molecule has 18 heavy (non-hydrogen) atoms. The molecule has 0 saturated heterocycles. The molecule has 0 heterocycles. The molecule has 3 aromatic carbocycles. The molecular weight excluding hydrogens is 216 g/mol. The Bertz CT molecular complexity index is 570. The first kappa shape index (κ1) is 10.8. The molecule has 0 aliphatic rings. The van der Waals surface area contributed by atoms with Crippen molar-refractivity contribution in [1.82, 2.24) is 0 Å². The topological polar surface area (TPSA) is 0 Å². The molecule has 0 saturated carbocycles. The van der Waals surface area contributed by atoms with Gasteiger partial charge in [0.1, 0.15) is 0 Å². The van der Waals surface area contributed by atoms with Crippen molar-refractivity contribution < 1.29 is 0 Å². The van der Waals surface area contributed by atoms with Crippen LogP contribution in [0.25, 0.3) is 22.3 Å². The van der Waals surface area contributed by atoms with E-state index in [4.69, 9.17) is 0 Å². The van der Waals surface area contributed by atoms with Crippen LogP contribution in [0, 0.1) is 18.2 Å². The highest BCUT2D eigenvalue weighted by Gasteiger charge is 2.00. The van der Waals surface area contributed by atoms with E-state index in [2.05, 4.69) is 48.5 Å². The Labute approximate surface area is 108 Å². The van der Waals surface area contributed by atoms with Crippen molar-refractivity contribution in [1.29, 1.82) is 0 Å². The first-order valence-electron chi connectivity index (χ1n) is 5.87. The summed E-state index contributed by atoms with van der Waals surface area (Å²) in [6.45, 7) is 0. The largest absolute Gasteiger partial charge is 0.0538 e. The van der Waals surface area contributed by atoms with Crippen molar-refractivity contribution in [2.24, 2.45) is 0 Å². The first-order valence-corrected chi connectivity index (χ1v) is 5.87. The van der Waals surface area contributed by atoms with Crippen LogP contribution in [-0.4, -0.2) is 0 Å². The van der Waals surface area contributed by atoms with Gasteiger partial charge in [0.25, 0.3) is 0 Å². The van der Waals surface area contributed by atoms with Crippen LogP contribution in [-0.2, 0) is 0 Å². The van der Waals surface area contributed by atoms with E-state index in [9.17, 15) is 0 Å². The summed E-state index contributed by atoms with van der Waals surface area (Å²) in [7, 11) is 0. The summed E-state index contributed by atoms with van der Waals surface area (Å²) in [5.41, 5.74) is 4.73. The summed E-state index contributed by atoms with van der Waals surface area (Å²) in [6.07, 6.45) is 0. The molecule has 0 amide bonds. The molecule has 0 aliphatic carbocycles. The highest BCUT2D eigenvalue weighted by Crippen LogP contribution is 2.25. The minimum atomic E-state index is 1.18. The van der Waals surface area contributed by atoms with Crippen molar-refractivity contribution in [2.45, 2.75) is 0 Å². The third-order valence-electron chi connectivity index (χ3n) is 2.89. The highest BCUT2D eigenvalue weighted by atomic mass is 14.0. The Hall–Kier alpha value is -2.34. The highest BCUT2D eigenvalue weighted by molar-refractivity contribution is 5.72. The lowest BCUT2D eigenvalue weighted by atomic mass is 9.99. The van der Waals surface area contributed by atoms with Gasteiger partial charge >= 0.3 is 0 Å². The average molecular weight is 227 g/mol. The maximum Gasteiger partial charge on any atom is -0.0171 e. The van der Waals surface area contributed by atoms with Crippen LogP contribution in [0.4, 0.5) is 0 Å². The van der Waals surface area contributed by atoms with Crippen molar-refractivity contribution in [3.8, 4) is 22.3 Å². The van der Waals surface area contributed by atoms with Crippen LogP contribution >= 0.6 is 0 Å². The van der Waals surface area contributed by atoms with Gasteiger partial charge in [-0.3, -0.25) is 0 Å². The second kappa shape index (κ2) is 4.89. The normalized spacial score (nSPS) is 10.2. The molecular formula is C18H11. The van der Waals surface area contributed by atoms with E-state index >= 15 is 0 Å². The van der Waals surface area contributed by atoms with Gasteiger partial charge in [-0.05, 0) is 58.7 Å². The number of benzene rings is 3. The van der Waals surface area contributed by atoms with E-state index < -0.39 is 0 Å². The molecule has 3 rings (SSSR count). The predicted molar refractivity (Wildman–Crippen MR) is 73.8 cm³/mol. The van der Waals surface area contributed by atoms with Gasteiger partial charge in [-0.2, -0.15) is 0 Å². The van der Waals surface area contributed by atoms with Crippen molar-refractivity contribution >= 4 is 0 Å². The zero-order valence-electron chi connectivity index (χ0n) is 9.85. The summed E-state index contributed by atoms with van der Waals surface area (Å²) >= 11 is 0. The third kappa shape index (κ3) is 2.18. The van der Waals surface area contributed by atoms with Crippen LogP contribution in [0.1, 0.15) is 0 Å². The van der Waals surface area contributed by atoms with Gasteiger partial charge in [-0.15, -0.1) is 0 Å². The number of hydrogen-bond acceptors (Lipinski definition) is 0. The molecule has 0 heteroatoms. The lowest BCUT2D eigenvalue weighted by Gasteiger charge is -2.05. The maximum atomic E-state index is 3.21. The van der Waals surface area contributed by atoms with Gasteiger partial charge in [-0.25, -0.2) is 0 Å². The quantitative estimate of drug-likeness (QED) is 0.608. The minimum Gasteiger partial charge on any atom is -0.0538 e. The molecule has 3 aromatic rings. The SMILES string of the molecule is [c]1ccc(-c2c[c]cc(-c3cc[c]cc3)c2)cc1. The first-order chi connectivity index (χ1) is 8.93. The molecule has 3 radical (unpaired) electrons. The number of hydrogen-bond donors (Lipinski definition) is 0. The molecule has 0 aliphatic heterocycles. The fourth-order valence-electron chi connectivity index (χ4n) is 1.96. The van der Waals surface area contributed by atoms with Gasteiger partial charge in [0.05, 0.1) is 0 Å². The van der Waals surface area contributed by atoms with E-state index in [1.807, 2.05) is 36.4 Å². The van der Waals surface area contributed by atoms with Crippen LogP contribution in [0.15, 0.2) is 66.7 Å². The fraction of sp³-hybridized carbons (Fsp3) is 0. The summed E-state index contributed by atoms with van der Waals surface area (Å²) in [5.74, 6) is 0. The molecule has 0 aromatic heterocycles. The van der Waals surface area contributed by atoms with Crippen LogP contribution in [0.2, 0.25) is 0 Å². The lowest BCUT2D eigenvalue weighted by Crippen LogP contribution is -1.81. The summed E-state index contributed by atoms with van der Waals surface area (Å²) in [6, 6.07) is 31.4. The molecule has 0 atom stereocenters. The van der Waals surface area contributed by atoms with E-state index in [1.165, 1.54) is 22.3 Å². The van der Waals surface area contributed by atoms with Gasteiger partial charge < -0.3 is 0 Å². The van der Waals surface area contributed by atoms with Crippen LogP contribution in [0.3, 0.4) is 0 Å². The molecule has 0 bridgehead atoms. The molecule has 83 valence electrons. The van der Waals surface area contributed by atoms with Gasteiger partial charge in [0.15, 0.2) is 0 Å². The van der Waals surface area contributed by atoms with Gasteiger partial charge in [-0.1, -0.05) is 48.5 Å². The second-order valence-electron chi connectivity index (χ2n) is 4.09. The molecule has 0 N–H and O–H groups in total.